The van der Waals surface area contributed by atoms with Gasteiger partial charge >= 0.3 is 0 Å². The lowest BCUT2D eigenvalue weighted by Crippen LogP contribution is -2.26. The van der Waals surface area contributed by atoms with Gasteiger partial charge in [0, 0.05) is 36.4 Å². The maximum atomic E-state index is 12.0. The van der Waals surface area contributed by atoms with Crippen molar-refractivity contribution in [3.8, 4) is 0 Å². The van der Waals surface area contributed by atoms with Gasteiger partial charge in [0.05, 0.1) is 10.0 Å². The Morgan fingerprint density at radius 1 is 1.27 bits per heavy atom. The molecular weight excluding hydrogens is 393 g/mol. The van der Waals surface area contributed by atoms with Gasteiger partial charge in [0.1, 0.15) is 0 Å². The van der Waals surface area contributed by atoms with E-state index in [2.05, 4.69) is 15.6 Å². The van der Waals surface area contributed by atoms with Gasteiger partial charge in [-0.15, -0.1) is 11.3 Å². The van der Waals surface area contributed by atoms with Crippen LogP contribution in [0.5, 0.6) is 0 Å². The molecule has 0 aliphatic heterocycles. The number of benzene rings is 1. The summed E-state index contributed by atoms with van der Waals surface area (Å²) in [5, 5.41) is 7.27. The molecule has 26 heavy (non-hydrogen) atoms. The first-order valence-corrected chi connectivity index (χ1v) is 10.1. The summed E-state index contributed by atoms with van der Waals surface area (Å²) in [7, 11) is 0. The second kappa shape index (κ2) is 8.84. The number of hydrogen-bond acceptors (Lipinski definition) is 4. The Morgan fingerprint density at radius 3 is 2.85 bits per heavy atom. The van der Waals surface area contributed by atoms with Gasteiger partial charge in [-0.25, -0.2) is 4.98 Å². The summed E-state index contributed by atoms with van der Waals surface area (Å²) in [5.74, 6) is 0.201. The van der Waals surface area contributed by atoms with Crippen molar-refractivity contribution in [1.82, 2.24) is 10.3 Å². The molecule has 138 valence electrons. The van der Waals surface area contributed by atoms with Crippen molar-refractivity contribution in [1.29, 1.82) is 0 Å². The SMILES string of the molecule is O=C(CCCNC(=O)C1CC1)Nc1ncc(Cc2cccc(Cl)c2Cl)s1. The zero-order valence-corrected chi connectivity index (χ0v) is 16.4. The van der Waals surface area contributed by atoms with Gasteiger partial charge < -0.3 is 10.6 Å². The number of aromatic nitrogens is 1. The Hall–Kier alpha value is -1.63. The molecule has 0 bridgehead atoms. The van der Waals surface area contributed by atoms with E-state index in [0.29, 0.717) is 41.0 Å². The van der Waals surface area contributed by atoms with E-state index in [1.165, 1.54) is 11.3 Å². The van der Waals surface area contributed by atoms with Gasteiger partial charge in [-0.1, -0.05) is 35.3 Å². The Labute approximate surface area is 166 Å². The number of carbonyl (C=O) groups is 2. The van der Waals surface area contributed by atoms with E-state index in [-0.39, 0.29) is 17.7 Å². The number of amides is 2. The van der Waals surface area contributed by atoms with Crippen LogP contribution in [-0.2, 0) is 16.0 Å². The van der Waals surface area contributed by atoms with Gasteiger partial charge in [0.15, 0.2) is 5.13 Å². The van der Waals surface area contributed by atoms with Crippen molar-refractivity contribution in [3.63, 3.8) is 0 Å². The molecule has 1 aromatic heterocycles. The minimum Gasteiger partial charge on any atom is -0.356 e. The first-order valence-electron chi connectivity index (χ1n) is 8.48. The molecule has 0 saturated heterocycles. The van der Waals surface area contributed by atoms with Crippen LogP contribution in [0.25, 0.3) is 0 Å². The quantitative estimate of drug-likeness (QED) is 0.636. The van der Waals surface area contributed by atoms with Crippen LogP contribution >= 0.6 is 34.5 Å². The summed E-state index contributed by atoms with van der Waals surface area (Å²) >= 11 is 13.6. The Morgan fingerprint density at radius 2 is 2.08 bits per heavy atom. The molecule has 5 nitrogen and oxygen atoms in total. The number of hydrogen-bond donors (Lipinski definition) is 2. The molecule has 0 atom stereocenters. The van der Waals surface area contributed by atoms with Crippen LogP contribution < -0.4 is 10.6 Å². The zero-order chi connectivity index (χ0) is 18.5. The minimum atomic E-state index is -0.104. The molecule has 1 aliphatic carbocycles. The van der Waals surface area contributed by atoms with Gasteiger partial charge in [-0.05, 0) is 30.9 Å². The molecule has 2 amide bonds. The van der Waals surface area contributed by atoms with Crippen molar-refractivity contribution >= 4 is 51.5 Å². The fourth-order valence-electron chi connectivity index (χ4n) is 2.45. The number of thiazole rings is 1. The van der Waals surface area contributed by atoms with Gasteiger partial charge in [-0.2, -0.15) is 0 Å². The van der Waals surface area contributed by atoms with E-state index in [1.54, 1.807) is 12.3 Å². The third-order valence-electron chi connectivity index (χ3n) is 4.02. The van der Waals surface area contributed by atoms with Crippen LogP contribution in [0.3, 0.4) is 0 Å². The number of carbonyl (C=O) groups excluding carboxylic acids is 2. The largest absolute Gasteiger partial charge is 0.356 e. The van der Waals surface area contributed by atoms with Gasteiger partial charge in [-0.3, -0.25) is 9.59 Å². The van der Waals surface area contributed by atoms with E-state index in [0.717, 1.165) is 23.3 Å². The summed E-state index contributed by atoms with van der Waals surface area (Å²) in [6.45, 7) is 0.527. The first kappa shape index (κ1) is 19.1. The van der Waals surface area contributed by atoms with Crippen molar-refractivity contribution in [3.05, 3.63) is 44.9 Å². The third-order valence-corrected chi connectivity index (χ3v) is 5.79. The van der Waals surface area contributed by atoms with Gasteiger partial charge in [0.25, 0.3) is 0 Å². The summed E-state index contributed by atoms with van der Waals surface area (Å²) in [6, 6.07) is 5.52. The Balaban J connectivity index is 1.43. The van der Waals surface area contributed by atoms with E-state index >= 15 is 0 Å². The molecule has 1 heterocycles. The molecule has 1 aliphatic rings. The highest BCUT2D eigenvalue weighted by Gasteiger charge is 2.28. The predicted molar refractivity (Wildman–Crippen MR) is 105 cm³/mol. The predicted octanol–water partition coefficient (Wildman–Crippen LogP) is 4.29. The van der Waals surface area contributed by atoms with Crippen LogP contribution in [0.4, 0.5) is 5.13 Å². The number of halogens is 2. The maximum Gasteiger partial charge on any atom is 0.226 e. The lowest BCUT2D eigenvalue weighted by Gasteiger charge is -2.04. The average molecular weight is 412 g/mol. The van der Waals surface area contributed by atoms with Crippen LogP contribution in [0.2, 0.25) is 10.0 Å². The van der Waals surface area contributed by atoms with Crippen molar-refractivity contribution in [2.75, 3.05) is 11.9 Å². The normalized spacial score (nSPS) is 13.5. The summed E-state index contributed by atoms with van der Waals surface area (Å²) in [4.78, 5) is 28.7. The Kier molecular flexibility index (Phi) is 6.51. The van der Waals surface area contributed by atoms with E-state index in [9.17, 15) is 9.59 Å². The van der Waals surface area contributed by atoms with Crippen molar-refractivity contribution in [2.45, 2.75) is 32.1 Å². The fourth-order valence-corrected chi connectivity index (χ4v) is 3.69. The number of anilines is 1. The zero-order valence-electron chi connectivity index (χ0n) is 14.1. The molecule has 0 spiro atoms. The highest BCUT2D eigenvalue weighted by atomic mass is 35.5. The minimum absolute atomic E-state index is 0.104. The molecule has 0 radical (unpaired) electrons. The smallest absolute Gasteiger partial charge is 0.226 e. The molecule has 3 rings (SSSR count). The molecule has 8 heteroatoms. The molecular formula is C18H19Cl2N3O2S. The lowest BCUT2D eigenvalue weighted by molar-refractivity contribution is -0.122. The maximum absolute atomic E-state index is 12.0. The number of nitrogens with one attached hydrogen (secondary N) is 2. The second-order valence-electron chi connectivity index (χ2n) is 6.24. The van der Waals surface area contributed by atoms with Crippen molar-refractivity contribution < 1.29 is 9.59 Å². The van der Waals surface area contributed by atoms with E-state index in [4.69, 9.17) is 23.2 Å². The number of nitrogens with zero attached hydrogens (tertiary/aromatic N) is 1. The molecule has 1 saturated carbocycles. The van der Waals surface area contributed by atoms with E-state index < -0.39 is 0 Å². The van der Waals surface area contributed by atoms with Crippen LogP contribution in [0, 0.1) is 5.92 Å². The second-order valence-corrected chi connectivity index (χ2v) is 8.14. The highest BCUT2D eigenvalue weighted by Crippen LogP contribution is 2.30. The molecule has 2 aromatic rings. The molecule has 2 N–H and O–H groups in total. The van der Waals surface area contributed by atoms with Gasteiger partial charge in [0.2, 0.25) is 11.8 Å². The van der Waals surface area contributed by atoms with E-state index in [1.807, 2.05) is 12.1 Å². The third kappa shape index (κ3) is 5.43. The van der Waals surface area contributed by atoms with Crippen molar-refractivity contribution in [2.24, 2.45) is 5.92 Å². The molecule has 1 aromatic carbocycles. The standard InChI is InChI=1S/C18H19Cl2N3O2S/c19-14-4-1-3-12(16(14)20)9-13-10-22-18(26-13)23-15(24)5-2-8-21-17(25)11-6-7-11/h1,3-4,10-11H,2,5-9H2,(H,21,25)(H,22,23,24). The molecule has 0 unspecified atom stereocenters. The summed E-state index contributed by atoms with van der Waals surface area (Å²) in [6.07, 6.45) is 5.27. The topological polar surface area (TPSA) is 71.1 Å². The number of rotatable bonds is 8. The Bertz CT molecular complexity index is 805. The lowest BCUT2D eigenvalue weighted by atomic mass is 10.1. The van der Waals surface area contributed by atoms with Crippen LogP contribution in [0.15, 0.2) is 24.4 Å². The fraction of sp³-hybridized carbons (Fsp3) is 0.389. The first-order chi connectivity index (χ1) is 12.5. The monoisotopic (exact) mass is 411 g/mol. The van der Waals surface area contributed by atoms with Crippen LogP contribution in [-0.4, -0.2) is 23.3 Å². The molecule has 1 fully saturated rings. The average Bonchev–Trinajstić information content (AvgIpc) is 3.38. The summed E-state index contributed by atoms with van der Waals surface area (Å²) < 4.78 is 0. The van der Waals surface area contributed by atoms with Crippen LogP contribution in [0.1, 0.15) is 36.1 Å². The highest BCUT2D eigenvalue weighted by molar-refractivity contribution is 7.15. The summed E-state index contributed by atoms with van der Waals surface area (Å²) in [5.41, 5.74) is 0.923.